The van der Waals surface area contributed by atoms with Gasteiger partial charge in [0.15, 0.2) is 11.5 Å². The van der Waals surface area contributed by atoms with Crippen LogP contribution < -0.4 is 4.90 Å². The second-order valence-corrected chi connectivity index (χ2v) is 6.81. The van der Waals surface area contributed by atoms with E-state index in [4.69, 9.17) is 0 Å². The molecule has 0 saturated heterocycles. The zero-order valence-corrected chi connectivity index (χ0v) is 15.2. The molecule has 1 amide bonds. The van der Waals surface area contributed by atoms with Crippen molar-refractivity contribution in [1.82, 2.24) is 20.0 Å². The van der Waals surface area contributed by atoms with Gasteiger partial charge in [-0.25, -0.2) is 4.68 Å². The summed E-state index contributed by atoms with van der Waals surface area (Å²) in [7, 11) is 0. The highest BCUT2D eigenvalue weighted by Crippen LogP contribution is 2.29. The first-order chi connectivity index (χ1) is 12.5. The van der Waals surface area contributed by atoms with Crippen molar-refractivity contribution in [3.05, 3.63) is 64.6 Å². The Bertz CT molecular complexity index is 974. The fourth-order valence-electron chi connectivity index (χ4n) is 3.49. The highest BCUT2D eigenvalue weighted by atomic mass is 16.2. The fraction of sp³-hybridized carbons (Fsp3) is 0.300. The quantitative estimate of drug-likeness (QED) is 0.714. The van der Waals surface area contributed by atoms with E-state index in [1.54, 1.807) is 16.8 Å². The Morgan fingerprint density at radius 2 is 1.88 bits per heavy atom. The minimum Gasteiger partial charge on any atom is -0.307 e. The summed E-state index contributed by atoms with van der Waals surface area (Å²) in [6.45, 7) is 6.68. The van der Waals surface area contributed by atoms with Gasteiger partial charge in [-0.05, 0) is 63.4 Å². The Kier molecular flexibility index (Phi) is 4.03. The zero-order chi connectivity index (χ0) is 18.3. The third-order valence-electron chi connectivity index (χ3n) is 4.69. The summed E-state index contributed by atoms with van der Waals surface area (Å²) in [5, 5.41) is 12.8. The lowest BCUT2D eigenvalue weighted by atomic mass is 9.99. The minimum atomic E-state index is -0.109. The molecule has 6 nitrogen and oxygen atoms in total. The van der Waals surface area contributed by atoms with Crippen LogP contribution in [-0.4, -0.2) is 32.4 Å². The van der Waals surface area contributed by atoms with Crippen molar-refractivity contribution in [2.75, 3.05) is 11.4 Å². The van der Waals surface area contributed by atoms with Gasteiger partial charge >= 0.3 is 0 Å². The molecule has 0 spiro atoms. The largest absolute Gasteiger partial charge is 0.307 e. The van der Waals surface area contributed by atoms with Crippen molar-refractivity contribution >= 4 is 11.6 Å². The summed E-state index contributed by atoms with van der Waals surface area (Å²) in [6.07, 6.45) is 1.96. The molecule has 0 atom stereocenters. The third-order valence-corrected chi connectivity index (χ3v) is 4.69. The normalized spacial score (nSPS) is 13.6. The lowest BCUT2D eigenvalue weighted by Crippen LogP contribution is -2.36. The van der Waals surface area contributed by atoms with Crippen LogP contribution in [0.5, 0.6) is 0 Å². The van der Waals surface area contributed by atoms with Crippen LogP contribution in [0.2, 0.25) is 0 Å². The van der Waals surface area contributed by atoms with Gasteiger partial charge in [-0.1, -0.05) is 17.7 Å². The van der Waals surface area contributed by atoms with Gasteiger partial charge in [-0.15, -0.1) is 10.2 Å². The Balaban J connectivity index is 1.63. The summed E-state index contributed by atoms with van der Waals surface area (Å²) in [6, 6.07) is 11.7. The van der Waals surface area contributed by atoms with Gasteiger partial charge < -0.3 is 4.90 Å². The molecule has 6 heteroatoms. The van der Waals surface area contributed by atoms with Crippen LogP contribution >= 0.6 is 0 Å². The number of benzene rings is 1. The van der Waals surface area contributed by atoms with Crippen molar-refractivity contribution in [1.29, 1.82) is 0 Å². The summed E-state index contributed by atoms with van der Waals surface area (Å²) < 4.78 is 1.73. The van der Waals surface area contributed by atoms with E-state index in [1.807, 2.05) is 36.9 Å². The van der Waals surface area contributed by atoms with Crippen LogP contribution in [0.1, 0.15) is 39.4 Å². The highest BCUT2D eigenvalue weighted by Gasteiger charge is 2.24. The lowest BCUT2D eigenvalue weighted by Gasteiger charge is -2.29. The maximum atomic E-state index is 13.0. The van der Waals surface area contributed by atoms with Crippen molar-refractivity contribution in [2.45, 2.75) is 33.6 Å². The molecule has 3 aromatic rings. The number of amides is 1. The van der Waals surface area contributed by atoms with Crippen LogP contribution in [-0.2, 0) is 6.42 Å². The van der Waals surface area contributed by atoms with Crippen LogP contribution in [0.3, 0.4) is 0 Å². The van der Waals surface area contributed by atoms with E-state index in [0.29, 0.717) is 18.1 Å². The van der Waals surface area contributed by atoms with Gasteiger partial charge in [0.2, 0.25) is 0 Å². The van der Waals surface area contributed by atoms with Crippen LogP contribution in [0.25, 0.3) is 5.82 Å². The topological polar surface area (TPSA) is 63.9 Å². The molecule has 1 aliphatic rings. The van der Waals surface area contributed by atoms with E-state index in [-0.39, 0.29) is 5.91 Å². The van der Waals surface area contributed by atoms with E-state index in [1.165, 1.54) is 11.1 Å². The third kappa shape index (κ3) is 2.87. The maximum absolute atomic E-state index is 13.0. The molecule has 0 bridgehead atoms. The monoisotopic (exact) mass is 347 g/mol. The average molecular weight is 347 g/mol. The van der Waals surface area contributed by atoms with Gasteiger partial charge in [-0.3, -0.25) is 4.79 Å². The Labute approximate surface area is 152 Å². The number of hydrogen-bond donors (Lipinski definition) is 0. The van der Waals surface area contributed by atoms with E-state index in [0.717, 1.165) is 29.9 Å². The van der Waals surface area contributed by atoms with Gasteiger partial charge in [0.05, 0.1) is 5.69 Å². The molecule has 0 N–H and O–H groups in total. The van der Waals surface area contributed by atoms with Crippen LogP contribution in [0, 0.1) is 20.8 Å². The van der Waals surface area contributed by atoms with Crippen molar-refractivity contribution in [3.8, 4) is 5.82 Å². The molecule has 1 aliphatic heterocycles. The maximum Gasteiger partial charge on any atom is 0.278 e. The Hall–Kier alpha value is -3.02. The number of aromatic nitrogens is 4. The highest BCUT2D eigenvalue weighted by molar-refractivity contribution is 6.05. The van der Waals surface area contributed by atoms with Crippen LogP contribution in [0.15, 0.2) is 36.4 Å². The summed E-state index contributed by atoms with van der Waals surface area (Å²) in [5.74, 6) is 0.504. The summed E-state index contributed by atoms with van der Waals surface area (Å²) in [4.78, 5) is 14.8. The van der Waals surface area contributed by atoms with Crippen molar-refractivity contribution in [2.24, 2.45) is 0 Å². The molecule has 0 radical (unpaired) electrons. The number of carbonyl (C=O) groups is 1. The second kappa shape index (κ2) is 6.37. The molecule has 1 aromatic carbocycles. The number of nitrogens with zero attached hydrogens (tertiary/aromatic N) is 5. The van der Waals surface area contributed by atoms with Crippen molar-refractivity contribution in [3.63, 3.8) is 0 Å². The molecule has 3 heterocycles. The number of hydrogen-bond acceptors (Lipinski definition) is 4. The number of fused-ring (bicyclic) bond motifs is 1. The molecule has 0 unspecified atom stereocenters. The van der Waals surface area contributed by atoms with E-state index in [2.05, 4.69) is 28.3 Å². The van der Waals surface area contributed by atoms with Gasteiger partial charge in [0.25, 0.3) is 5.91 Å². The Morgan fingerprint density at radius 1 is 1.04 bits per heavy atom. The second-order valence-electron chi connectivity index (χ2n) is 6.81. The van der Waals surface area contributed by atoms with E-state index in [9.17, 15) is 4.79 Å². The molecule has 0 fully saturated rings. The predicted octanol–water partition coefficient (Wildman–Crippen LogP) is 3.18. The number of anilines is 1. The number of carbonyl (C=O) groups excluding carboxylic acids is 1. The smallest absolute Gasteiger partial charge is 0.278 e. The first kappa shape index (κ1) is 16.4. The molecule has 0 aliphatic carbocycles. The molecule has 132 valence electrons. The molecule has 4 rings (SSSR count). The van der Waals surface area contributed by atoms with E-state index >= 15 is 0 Å². The molecule has 0 saturated carbocycles. The predicted molar refractivity (Wildman–Crippen MR) is 99.8 cm³/mol. The zero-order valence-electron chi connectivity index (χ0n) is 15.2. The lowest BCUT2D eigenvalue weighted by molar-refractivity contribution is 0.0979. The van der Waals surface area contributed by atoms with Gasteiger partial charge in [0.1, 0.15) is 0 Å². The molecular weight excluding hydrogens is 326 g/mol. The first-order valence-corrected chi connectivity index (χ1v) is 8.82. The Morgan fingerprint density at radius 3 is 2.58 bits per heavy atom. The van der Waals surface area contributed by atoms with Crippen molar-refractivity contribution < 1.29 is 4.79 Å². The summed E-state index contributed by atoms with van der Waals surface area (Å²) >= 11 is 0. The van der Waals surface area contributed by atoms with E-state index < -0.39 is 0 Å². The van der Waals surface area contributed by atoms with Gasteiger partial charge in [-0.2, -0.15) is 5.10 Å². The molecular formula is C20H21N5O. The SMILES string of the molecule is Cc1ccc2c(c1)CCCN2C(=O)c1ccc(-n2nc(C)cc2C)nn1. The van der Waals surface area contributed by atoms with Gasteiger partial charge in [0, 0.05) is 17.9 Å². The summed E-state index contributed by atoms with van der Waals surface area (Å²) in [5.41, 5.74) is 5.67. The standard InChI is InChI=1S/C20H21N5O/c1-13-6-8-18-16(11-13)5-4-10-24(18)20(26)17-7-9-19(22-21-17)25-15(3)12-14(2)23-25/h6-9,11-12H,4-5,10H2,1-3H3. The fourth-order valence-corrected chi connectivity index (χ4v) is 3.49. The molecule has 26 heavy (non-hydrogen) atoms. The first-order valence-electron chi connectivity index (χ1n) is 8.82. The van der Waals surface area contributed by atoms with Crippen LogP contribution in [0.4, 0.5) is 5.69 Å². The average Bonchev–Trinajstić information content (AvgIpc) is 2.98. The number of rotatable bonds is 2. The number of aryl methyl sites for hydroxylation is 4. The minimum absolute atomic E-state index is 0.109. The molecule has 2 aromatic heterocycles.